The molecule has 0 aromatic heterocycles. The van der Waals surface area contributed by atoms with Gasteiger partial charge in [0, 0.05) is 0 Å². The SMILES string of the molecule is CCC(CC)(CC)CCCCCCCC(CC)(CC)CC. The lowest BCUT2D eigenvalue weighted by Gasteiger charge is -2.31. The first-order valence-corrected chi connectivity index (χ1v) is 10.1. The second-order valence-electron chi connectivity index (χ2n) is 7.39. The van der Waals surface area contributed by atoms with Gasteiger partial charge < -0.3 is 0 Å². The zero-order valence-corrected chi connectivity index (χ0v) is 16.2. The van der Waals surface area contributed by atoms with Gasteiger partial charge in [-0.05, 0) is 23.7 Å². The van der Waals surface area contributed by atoms with Crippen LogP contribution in [0.5, 0.6) is 0 Å². The molecule has 21 heavy (non-hydrogen) atoms. The molecular formula is C21H44. The lowest BCUT2D eigenvalue weighted by atomic mass is 9.75. The molecular weight excluding hydrogens is 252 g/mol. The van der Waals surface area contributed by atoms with E-state index >= 15 is 0 Å². The van der Waals surface area contributed by atoms with Crippen LogP contribution in [0.3, 0.4) is 0 Å². The van der Waals surface area contributed by atoms with E-state index in [0.717, 1.165) is 0 Å². The third-order valence-electron chi connectivity index (χ3n) is 6.91. The first-order valence-electron chi connectivity index (χ1n) is 10.1. The van der Waals surface area contributed by atoms with Crippen molar-refractivity contribution in [3.05, 3.63) is 0 Å². The zero-order chi connectivity index (χ0) is 16.2. The average molecular weight is 297 g/mol. The fraction of sp³-hybridized carbons (Fsp3) is 1.00. The molecule has 0 heteroatoms. The molecule has 0 atom stereocenters. The molecule has 0 aromatic carbocycles. The highest BCUT2D eigenvalue weighted by atomic mass is 14.3. The molecule has 0 aliphatic heterocycles. The average Bonchev–Trinajstić information content (AvgIpc) is 2.55. The molecule has 0 unspecified atom stereocenters. The molecule has 0 saturated carbocycles. The molecule has 0 spiro atoms. The van der Waals surface area contributed by atoms with Gasteiger partial charge in [-0.1, -0.05) is 112 Å². The Hall–Kier alpha value is 0. The van der Waals surface area contributed by atoms with Crippen molar-refractivity contribution in [1.29, 1.82) is 0 Å². The number of hydrogen-bond acceptors (Lipinski definition) is 0. The minimum absolute atomic E-state index is 0.655. The Labute approximate surface area is 136 Å². The molecule has 0 bridgehead atoms. The fourth-order valence-corrected chi connectivity index (χ4v) is 4.09. The molecule has 0 aliphatic rings. The number of rotatable bonds is 14. The van der Waals surface area contributed by atoms with Crippen LogP contribution in [-0.2, 0) is 0 Å². The second-order valence-corrected chi connectivity index (χ2v) is 7.39. The summed E-state index contributed by atoms with van der Waals surface area (Å²) in [5, 5.41) is 0. The molecule has 0 N–H and O–H groups in total. The van der Waals surface area contributed by atoms with Crippen LogP contribution in [0.4, 0.5) is 0 Å². The Morgan fingerprint density at radius 1 is 0.381 bits per heavy atom. The van der Waals surface area contributed by atoms with Gasteiger partial charge in [0.05, 0.1) is 0 Å². The van der Waals surface area contributed by atoms with E-state index in [1.54, 1.807) is 0 Å². The van der Waals surface area contributed by atoms with Gasteiger partial charge in [-0.25, -0.2) is 0 Å². The molecule has 0 aliphatic carbocycles. The van der Waals surface area contributed by atoms with Gasteiger partial charge in [-0.2, -0.15) is 0 Å². The van der Waals surface area contributed by atoms with E-state index in [1.807, 2.05) is 0 Å². The predicted octanol–water partition coefficient (Wildman–Crippen LogP) is 8.15. The van der Waals surface area contributed by atoms with Crippen molar-refractivity contribution >= 4 is 0 Å². The smallest absolute Gasteiger partial charge is 0.0305 e. The van der Waals surface area contributed by atoms with Gasteiger partial charge in [-0.3, -0.25) is 0 Å². The number of unbranched alkanes of at least 4 members (excludes halogenated alkanes) is 4. The first-order chi connectivity index (χ1) is 10.1. The van der Waals surface area contributed by atoms with Crippen molar-refractivity contribution in [2.75, 3.05) is 0 Å². The molecule has 0 aromatic rings. The Morgan fingerprint density at radius 3 is 0.857 bits per heavy atom. The quantitative estimate of drug-likeness (QED) is 0.284. The van der Waals surface area contributed by atoms with E-state index < -0.39 is 0 Å². The minimum atomic E-state index is 0.655. The monoisotopic (exact) mass is 296 g/mol. The zero-order valence-electron chi connectivity index (χ0n) is 16.2. The van der Waals surface area contributed by atoms with Crippen molar-refractivity contribution in [2.45, 2.75) is 125 Å². The highest BCUT2D eigenvalue weighted by Gasteiger charge is 2.23. The molecule has 0 rings (SSSR count). The van der Waals surface area contributed by atoms with Gasteiger partial charge in [0.15, 0.2) is 0 Å². The van der Waals surface area contributed by atoms with Gasteiger partial charge in [0.25, 0.3) is 0 Å². The van der Waals surface area contributed by atoms with Crippen LogP contribution in [0.1, 0.15) is 125 Å². The maximum atomic E-state index is 2.38. The highest BCUT2D eigenvalue weighted by Crippen LogP contribution is 2.37. The summed E-state index contributed by atoms with van der Waals surface area (Å²) in [6, 6.07) is 0. The van der Waals surface area contributed by atoms with Crippen LogP contribution in [0, 0.1) is 10.8 Å². The van der Waals surface area contributed by atoms with Gasteiger partial charge in [-0.15, -0.1) is 0 Å². The predicted molar refractivity (Wildman–Crippen MR) is 98.9 cm³/mol. The third kappa shape index (κ3) is 7.20. The molecule has 0 saturated heterocycles. The van der Waals surface area contributed by atoms with E-state index in [0.29, 0.717) is 10.8 Å². The standard InChI is InChI=1S/C21H44/c1-7-20(8-2,9-3)18-16-14-13-15-17-19-21(10-4,11-5)12-6/h7-19H2,1-6H3. The summed E-state index contributed by atoms with van der Waals surface area (Å²) < 4.78 is 0. The summed E-state index contributed by atoms with van der Waals surface area (Å²) in [6.07, 6.45) is 18.4. The van der Waals surface area contributed by atoms with Crippen LogP contribution in [0.25, 0.3) is 0 Å². The van der Waals surface area contributed by atoms with Crippen LogP contribution in [0.2, 0.25) is 0 Å². The second kappa shape index (κ2) is 11.6. The maximum Gasteiger partial charge on any atom is -0.0305 e. The van der Waals surface area contributed by atoms with Crippen molar-refractivity contribution in [2.24, 2.45) is 10.8 Å². The summed E-state index contributed by atoms with van der Waals surface area (Å²) in [4.78, 5) is 0. The van der Waals surface area contributed by atoms with E-state index in [-0.39, 0.29) is 0 Å². The van der Waals surface area contributed by atoms with Crippen LogP contribution < -0.4 is 0 Å². The van der Waals surface area contributed by atoms with E-state index in [1.165, 1.54) is 83.5 Å². The summed E-state index contributed by atoms with van der Waals surface area (Å²) in [7, 11) is 0. The molecule has 0 heterocycles. The summed E-state index contributed by atoms with van der Waals surface area (Å²) >= 11 is 0. The van der Waals surface area contributed by atoms with Crippen molar-refractivity contribution in [3.8, 4) is 0 Å². The Kier molecular flexibility index (Phi) is 11.6. The minimum Gasteiger partial charge on any atom is -0.0649 e. The normalized spacial score (nSPS) is 12.9. The first kappa shape index (κ1) is 21.0. The molecule has 0 nitrogen and oxygen atoms in total. The van der Waals surface area contributed by atoms with Crippen molar-refractivity contribution < 1.29 is 0 Å². The van der Waals surface area contributed by atoms with Crippen LogP contribution in [-0.4, -0.2) is 0 Å². The van der Waals surface area contributed by atoms with E-state index in [2.05, 4.69) is 41.5 Å². The van der Waals surface area contributed by atoms with Gasteiger partial charge in [0.2, 0.25) is 0 Å². The Balaban J connectivity index is 3.78. The largest absolute Gasteiger partial charge is 0.0649 e. The molecule has 128 valence electrons. The summed E-state index contributed by atoms with van der Waals surface area (Å²) in [5.41, 5.74) is 1.31. The van der Waals surface area contributed by atoms with Gasteiger partial charge >= 0.3 is 0 Å². The highest BCUT2D eigenvalue weighted by molar-refractivity contribution is 4.76. The number of hydrogen-bond donors (Lipinski definition) is 0. The lowest BCUT2D eigenvalue weighted by molar-refractivity contribution is 0.214. The Morgan fingerprint density at radius 2 is 0.619 bits per heavy atom. The summed E-state index contributed by atoms with van der Waals surface area (Å²) in [6.45, 7) is 14.3. The molecule has 0 radical (unpaired) electrons. The van der Waals surface area contributed by atoms with E-state index in [4.69, 9.17) is 0 Å². The van der Waals surface area contributed by atoms with Crippen LogP contribution >= 0.6 is 0 Å². The van der Waals surface area contributed by atoms with Gasteiger partial charge in [0.1, 0.15) is 0 Å². The lowest BCUT2D eigenvalue weighted by Crippen LogP contribution is -2.17. The van der Waals surface area contributed by atoms with E-state index in [9.17, 15) is 0 Å². The van der Waals surface area contributed by atoms with Crippen molar-refractivity contribution in [1.82, 2.24) is 0 Å². The Bertz CT molecular complexity index is 180. The third-order valence-corrected chi connectivity index (χ3v) is 6.91. The summed E-state index contributed by atoms with van der Waals surface area (Å²) in [5.74, 6) is 0. The molecule has 0 amide bonds. The molecule has 0 fully saturated rings. The maximum absolute atomic E-state index is 2.38. The van der Waals surface area contributed by atoms with Crippen molar-refractivity contribution in [3.63, 3.8) is 0 Å². The van der Waals surface area contributed by atoms with Crippen LogP contribution in [0.15, 0.2) is 0 Å². The topological polar surface area (TPSA) is 0 Å². The fourth-order valence-electron chi connectivity index (χ4n) is 4.09.